The average molecular weight is 263 g/mol. The Morgan fingerprint density at radius 1 is 1.44 bits per heavy atom. The predicted octanol–water partition coefficient (Wildman–Crippen LogP) is 2.17. The Morgan fingerprint density at radius 3 is 3.11 bits per heavy atom. The number of nitrogens with zero attached hydrogens (tertiary/aromatic N) is 1. The first kappa shape index (κ1) is 11.1. The largest absolute Gasteiger partial charge is 0.377 e. The van der Waals surface area contributed by atoms with E-state index in [0.717, 1.165) is 22.8 Å². The predicted molar refractivity (Wildman–Crippen MR) is 69.7 cm³/mol. The van der Waals surface area contributed by atoms with Gasteiger partial charge in [0.15, 0.2) is 0 Å². The van der Waals surface area contributed by atoms with E-state index in [9.17, 15) is 4.79 Å². The third kappa shape index (κ3) is 2.04. The SMILES string of the molecule is O=C1Cc2cc(NCc3ncc[nH]3)c(Cl)cc2N1. The molecule has 18 heavy (non-hydrogen) atoms. The van der Waals surface area contributed by atoms with Gasteiger partial charge in [-0.25, -0.2) is 4.98 Å². The fourth-order valence-corrected chi connectivity index (χ4v) is 2.19. The van der Waals surface area contributed by atoms with Crippen LogP contribution in [0.25, 0.3) is 0 Å². The molecule has 1 aromatic heterocycles. The number of halogens is 1. The summed E-state index contributed by atoms with van der Waals surface area (Å²) in [5, 5.41) is 6.55. The summed E-state index contributed by atoms with van der Waals surface area (Å²) in [7, 11) is 0. The summed E-state index contributed by atoms with van der Waals surface area (Å²) in [6.45, 7) is 0.562. The molecule has 0 radical (unpaired) electrons. The van der Waals surface area contributed by atoms with E-state index in [2.05, 4.69) is 20.6 Å². The van der Waals surface area contributed by atoms with Crippen LogP contribution in [0.15, 0.2) is 24.5 Å². The van der Waals surface area contributed by atoms with Gasteiger partial charge in [0.25, 0.3) is 0 Å². The Bertz CT molecular complexity index is 594. The van der Waals surface area contributed by atoms with Gasteiger partial charge >= 0.3 is 0 Å². The highest BCUT2D eigenvalue weighted by atomic mass is 35.5. The van der Waals surface area contributed by atoms with E-state index in [-0.39, 0.29) is 5.91 Å². The van der Waals surface area contributed by atoms with Gasteiger partial charge in [0.2, 0.25) is 5.91 Å². The Hall–Kier alpha value is -2.01. The van der Waals surface area contributed by atoms with Crippen molar-refractivity contribution in [3.8, 4) is 0 Å². The van der Waals surface area contributed by atoms with Crippen molar-refractivity contribution >= 4 is 28.9 Å². The second-order valence-corrected chi connectivity index (χ2v) is 4.51. The van der Waals surface area contributed by atoms with Crippen LogP contribution in [0.2, 0.25) is 5.02 Å². The number of imidazole rings is 1. The first-order valence-corrected chi connectivity index (χ1v) is 5.94. The fourth-order valence-electron chi connectivity index (χ4n) is 1.96. The van der Waals surface area contributed by atoms with Crippen molar-refractivity contribution in [2.45, 2.75) is 13.0 Å². The molecular formula is C12H11ClN4O. The molecule has 0 saturated carbocycles. The van der Waals surface area contributed by atoms with Gasteiger partial charge in [0, 0.05) is 18.1 Å². The van der Waals surface area contributed by atoms with E-state index in [1.165, 1.54) is 0 Å². The molecule has 0 aliphatic carbocycles. The maximum Gasteiger partial charge on any atom is 0.228 e. The highest BCUT2D eigenvalue weighted by Gasteiger charge is 2.19. The zero-order valence-electron chi connectivity index (χ0n) is 9.46. The van der Waals surface area contributed by atoms with Crippen LogP contribution in [0.5, 0.6) is 0 Å². The summed E-state index contributed by atoms with van der Waals surface area (Å²) in [6.07, 6.45) is 3.87. The second-order valence-electron chi connectivity index (χ2n) is 4.10. The van der Waals surface area contributed by atoms with Gasteiger partial charge < -0.3 is 15.6 Å². The highest BCUT2D eigenvalue weighted by Crippen LogP contribution is 2.32. The van der Waals surface area contributed by atoms with E-state index in [4.69, 9.17) is 11.6 Å². The standard InChI is InChI=1S/C12H11ClN4O/c13-8-5-9-7(4-12(18)17-9)3-10(8)16-6-11-14-1-2-15-11/h1-3,5,16H,4,6H2,(H,14,15)(H,17,18). The summed E-state index contributed by atoms with van der Waals surface area (Å²) >= 11 is 6.15. The molecule has 1 aliphatic rings. The average Bonchev–Trinajstić information content (AvgIpc) is 2.94. The molecular weight excluding hydrogens is 252 g/mol. The molecule has 0 atom stereocenters. The van der Waals surface area contributed by atoms with Crippen LogP contribution in [0, 0.1) is 0 Å². The molecule has 2 heterocycles. The molecule has 0 unspecified atom stereocenters. The monoisotopic (exact) mass is 262 g/mol. The molecule has 5 nitrogen and oxygen atoms in total. The zero-order valence-corrected chi connectivity index (χ0v) is 10.2. The lowest BCUT2D eigenvalue weighted by Crippen LogP contribution is -2.03. The van der Waals surface area contributed by atoms with Crippen molar-refractivity contribution in [2.75, 3.05) is 10.6 Å². The molecule has 3 N–H and O–H groups in total. The molecule has 92 valence electrons. The lowest BCUT2D eigenvalue weighted by Gasteiger charge is -2.09. The Morgan fingerprint density at radius 2 is 2.33 bits per heavy atom. The minimum absolute atomic E-state index is 0.00394. The van der Waals surface area contributed by atoms with Crippen molar-refractivity contribution in [1.82, 2.24) is 9.97 Å². The van der Waals surface area contributed by atoms with Crippen LogP contribution in [-0.2, 0) is 17.8 Å². The van der Waals surface area contributed by atoms with Crippen LogP contribution >= 0.6 is 11.6 Å². The fraction of sp³-hybridized carbons (Fsp3) is 0.167. The summed E-state index contributed by atoms with van der Waals surface area (Å²) in [4.78, 5) is 18.4. The first-order valence-electron chi connectivity index (χ1n) is 5.57. The molecule has 0 fully saturated rings. The van der Waals surface area contributed by atoms with Gasteiger partial charge in [-0.2, -0.15) is 0 Å². The van der Waals surface area contributed by atoms with E-state index in [1.807, 2.05) is 6.07 Å². The molecule has 3 rings (SSSR count). The molecule has 0 bridgehead atoms. The number of aromatic nitrogens is 2. The van der Waals surface area contributed by atoms with Gasteiger partial charge in [0.1, 0.15) is 5.82 Å². The van der Waals surface area contributed by atoms with Gasteiger partial charge in [-0.3, -0.25) is 4.79 Å². The maximum atomic E-state index is 11.3. The van der Waals surface area contributed by atoms with Crippen LogP contribution < -0.4 is 10.6 Å². The number of anilines is 2. The number of hydrogen-bond donors (Lipinski definition) is 3. The van der Waals surface area contributed by atoms with Crippen LogP contribution in [-0.4, -0.2) is 15.9 Å². The molecule has 2 aromatic rings. The summed E-state index contributed by atoms with van der Waals surface area (Å²) in [5.74, 6) is 0.838. The van der Waals surface area contributed by atoms with Gasteiger partial charge in [-0.1, -0.05) is 11.6 Å². The summed E-state index contributed by atoms with van der Waals surface area (Å²) in [5.41, 5.74) is 2.57. The first-order chi connectivity index (χ1) is 8.72. The minimum atomic E-state index is 0.00394. The number of carbonyl (C=O) groups is 1. The van der Waals surface area contributed by atoms with Crippen molar-refractivity contribution < 1.29 is 4.79 Å². The topological polar surface area (TPSA) is 69.8 Å². The number of fused-ring (bicyclic) bond motifs is 1. The van der Waals surface area contributed by atoms with Gasteiger partial charge in [-0.15, -0.1) is 0 Å². The number of rotatable bonds is 3. The van der Waals surface area contributed by atoms with Crippen molar-refractivity contribution in [3.63, 3.8) is 0 Å². The number of nitrogens with one attached hydrogen (secondary N) is 3. The molecule has 0 spiro atoms. The zero-order chi connectivity index (χ0) is 12.5. The van der Waals surface area contributed by atoms with E-state index < -0.39 is 0 Å². The number of H-pyrrole nitrogens is 1. The van der Waals surface area contributed by atoms with Crippen LogP contribution in [0.3, 0.4) is 0 Å². The van der Waals surface area contributed by atoms with Crippen molar-refractivity contribution in [3.05, 3.63) is 40.9 Å². The Labute approximate surface area is 109 Å². The smallest absolute Gasteiger partial charge is 0.228 e. The summed E-state index contributed by atoms with van der Waals surface area (Å²) < 4.78 is 0. The van der Waals surface area contributed by atoms with Crippen LogP contribution in [0.4, 0.5) is 11.4 Å². The number of aromatic amines is 1. The highest BCUT2D eigenvalue weighted by molar-refractivity contribution is 6.33. The number of amides is 1. The number of carbonyl (C=O) groups excluding carboxylic acids is 1. The van der Waals surface area contributed by atoms with E-state index >= 15 is 0 Å². The minimum Gasteiger partial charge on any atom is -0.377 e. The molecule has 0 saturated heterocycles. The van der Waals surface area contributed by atoms with Crippen molar-refractivity contribution in [2.24, 2.45) is 0 Å². The molecule has 1 aliphatic heterocycles. The number of hydrogen-bond acceptors (Lipinski definition) is 3. The van der Waals surface area contributed by atoms with Gasteiger partial charge in [-0.05, 0) is 17.7 Å². The van der Waals surface area contributed by atoms with E-state index in [1.54, 1.807) is 18.5 Å². The second kappa shape index (κ2) is 4.34. The molecule has 1 aromatic carbocycles. The summed E-state index contributed by atoms with van der Waals surface area (Å²) in [6, 6.07) is 3.67. The molecule has 1 amide bonds. The van der Waals surface area contributed by atoms with Crippen LogP contribution in [0.1, 0.15) is 11.4 Å². The Balaban J connectivity index is 1.80. The lowest BCUT2D eigenvalue weighted by molar-refractivity contribution is -0.115. The maximum absolute atomic E-state index is 11.3. The van der Waals surface area contributed by atoms with Gasteiger partial charge in [0.05, 0.1) is 23.7 Å². The quantitative estimate of drug-likeness (QED) is 0.794. The lowest BCUT2D eigenvalue weighted by atomic mass is 10.1. The third-order valence-electron chi connectivity index (χ3n) is 2.82. The van der Waals surface area contributed by atoms with Crippen molar-refractivity contribution in [1.29, 1.82) is 0 Å². The van der Waals surface area contributed by atoms with E-state index in [0.29, 0.717) is 18.0 Å². The Kier molecular flexibility index (Phi) is 2.68. The normalized spacial score (nSPS) is 13.3. The molecule has 6 heteroatoms. The third-order valence-corrected chi connectivity index (χ3v) is 3.13. The number of benzene rings is 1.